The lowest BCUT2D eigenvalue weighted by atomic mass is 9.78. The van der Waals surface area contributed by atoms with Gasteiger partial charge in [0.25, 0.3) is 0 Å². The van der Waals surface area contributed by atoms with Crippen molar-refractivity contribution in [3.05, 3.63) is 35.4 Å². The van der Waals surface area contributed by atoms with E-state index in [0.29, 0.717) is 25.7 Å². The second kappa shape index (κ2) is 9.07. The number of methoxy groups -OCH3 is 1. The Morgan fingerprint density at radius 1 is 1.17 bits per heavy atom. The number of carbonyl (C=O) groups is 1. The van der Waals surface area contributed by atoms with Crippen LogP contribution < -0.4 is 0 Å². The molecule has 2 rings (SSSR count). The molecule has 1 aliphatic rings. The number of benzene rings is 1. The fourth-order valence-corrected chi connectivity index (χ4v) is 3.40. The van der Waals surface area contributed by atoms with Crippen LogP contribution in [0.3, 0.4) is 0 Å². The monoisotopic (exact) mass is 334 g/mol. The maximum atomic E-state index is 11.2. The van der Waals surface area contributed by atoms with E-state index in [9.17, 15) is 9.90 Å². The summed E-state index contributed by atoms with van der Waals surface area (Å²) in [6.07, 6.45) is 7.89. The molecule has 0 saturated heterocycles. The number of aryl methyl sites for hydroxylation is 1. The maximum absolute atomic E-state index is 11.2. The van der Waals surface area contributed by atoms with Gasteiger partial charge in [-0.2, -0.15) is 0 Å². The number of hydrogen-bond acceptors (Lipinski definition) is 4. The molecule has 4 heteroatoms. The molecule has 1 saturated carbocycles. The fourth-order valence-electron chi connectivity index (χ4n) is 3.40. The minimum atomic E-state index is -0.809. The molecule has 1 aliphatic carbocycles. The van der Waals surface area contributed by atoms with Crippen molar-refractivity contribution in [2.24, 2.45) is 0 Å². The SMILES string of the molecule is CCCCCCc1ccc(C2(O)CCC(OC(=O)OC)CC2)cc1. The molecule has 4 nitrogen and oxygen atoms in total. The molecule has 1 N–H and O–H groups in total. The van der Waals surface area contributed by atoms with E-state index in [1.165, 1.54) is 38.4 Å². The molecule has 0 spiro atoms. The predicted molar refractivity (Wildman–Crippen MR) is 93.9 cm³/mol. The van der Waals surface area contributed by atoms with Gasteiger partial charge in [0.05, 0.1) is 12.7 Å². The second-order valence-electron chi connectivity index (χ2n) is 6.81. The smallest absolute Gasteiger partial charge is 0.438 e. The van der Waals surface area contributed by atoms with Gasteiger partial charge in [0.1, 0.15) is 6.10 Å². The molecule has 1 aromatic rings. The van der Waals surface area contributed by atoms with Crippen LogP contribution >= 0.6 is 0 Å². The summed E-state index contributed by atoms with van der Waals surface area (Å²) < 4.78 is 9.71. The van der Waals surface area contributed by atoms with Gasteiger partial charge < -0.3 is 14.6 Å². The third-order valence-corrected chi connectivity index (χ3v) is 5.00. The van der Waals surface area contributed by atoms with Crippen LogP contribution in [0.2, 0.25) is 0 Å². The lowest BCUT2D eigenvalue weighted by molar-refractivity contribution is -0.0508. The van der Waals surface area contributed by atoms with Gasteiger partial charge in [-0.1, -0.05) is 50.5 Å². The number of rotatable bonds is 7. The Balaban J connectivity index is 1.86. The van der Waals surface area contributed by atoms with E-state index < -0.39 is 11.8 Å². The van der Waals surface area contributed by atoms with Crippen LogP contribution in [0.25, 0.3) is 0 Å². The lowest BCUT2D eigenvalue weighted by Crippen LogP contribution is -2.35. The highest BCUT2D eigenvalue weighted by Gasteiger charge is 2.36. The molecule has 0 atom stereocenters. The first kappa shape index (κ1) is 18.8. The molecule has 0 unspecified atom stereocenters. The topological polar surface area (TPSA) is 55.8 Å². The lowest BCUT2D eigenvalue weighted by Gasteiger charge is -2.36. The molecule has 1 aromatic carbocycles. The maximum Gasteiger partial charge on any atom is 0.508 e. The Morgan fingerprint density at radius 2 is 1.83 bits per heavy atom. The molecule has 24 heavy (non-hydrogen) atoms. The van der Waals surface area contributed by atoms with E-state index in [-0.39, 0.29) is 6.10 Å². The highest BCUT2D eigenvalue weighted by Crippen LogP contribution is 2.38. The third kappa shape index (κ3) is 5.23. The molecule has 0 bridgehead atoms. The van der Waals surface area contributed by atoms with Crippen LogP contribution in [-0.4, -0.2) is 24.5 Å². The molecular weight excluding hydrogens is 304 g/mol. The van der Waals surface area contributed by atoms with Gasteiger partial charge in [-0.05, 0) is 49.7 Å². The van der Waals surface area contributed by atoms with Crippen molar-refractivity contribution < 1.29 is 19.4 Å². The summed E-state index contributed by atoms with van der Waals surface area (Å²) in [5, 5.41) is 10.9. The first-order valence-corrected chi connectivity index (χ1v) is 9.14. The van der Waals surface area contributed by atoms with Crippen molar-refractivity contribution in [1.82, 2.24) is 0 Å². The average molecular weight is 334 g/mol. The first-order valence-electron chi connectivity index (χ1n) is 9.14. The Bertz CT molecular complexity index is 501. The summed E-state index contributed by atoms with van der Waals surface area (Å²) in [5.74, 6) is 0. The van der Waals surface area contributed by atoms with Crippen molar-refractivity contribution in [3.8, 4) is 0 Å². The Hall–Kier alpha value is -1.55. The van der Waals surface area contributed by atoms with Crippen LogP contribution in [-0.2, 0) is 21.5 Å². The van der Waals surface area contributed by atoms with E-state index in [0.717, 1.165) is 12.0 Å². The van der Waals surface area contributed by atoms with Gasteiger partial charge in [0.2, 0.25) is 0 Å². The average Bonchev–Trinajstić information content (AvgIpc) is 2.61. The van der Waals surface area contributed by atoms with Gasteiger partial charge >= 0.3 is 6.16 Å². The largest absolute Gasteiger partial charge is 0.508 e. The van der Waals surface area contributed by atoms with Gasteiger partial charge in [0, 0.05) is 0 Å². The third-order valence-electron chi connectivity index (χ3n) is 5.00. The van der Waals surface area contributed by atoms with Crippen molar-refractivity contribution in [1.29, 1.82) is 0 Å². The Labute approximate surface area is 145 Å². The summed E-state index contributed by atoms with van der Waals surface area (Å²) in [6, 6.07) is 8.37. The van der Waals surface area contributed by atoms with E-state index in [1.54, 1.807) is 0 Å². The van der Waals surface area contributed by atoms with E-state index in [1.807, 2.05) is 0 Å². The Kier molecular flexibility index (Phi) is 7.10. The zero-order valence-corrected chi connectivity index (χ0v) is 14.9. The molecule has 0 aliphatic heterocycles. The van der Waals surface area contributed by atoms with Crippen LogP contribution in [0.5, 0.6) is 0 Å². The normalized spacial score (nSPS) is 23.7. The second-order valence-corrected chi connectivity index (χ2v) is 6.81. The van der Waals surface area contributed by atoms with Gasteiger partial charge in [-0.3, -0.25) is 0 Å². The van der Waals surface area contributed by atoms with E-state index in [2.05, 4.69) is 35.9 Å². The summed E-state index contributed by atoms with van der Waals surface area (Å²) in [4.78, 5) is 11.2. The minimum Gasteiger partial charge on any atom is -0.438 e. The number of carbonyl (C=O) groups excluding carboxylic acids is 1. The number of hydrogen-bond donors (Lipinski definition) is 1. The first-order chi connectivity index (χ1) is 11.6. The van der Waals surface area contributed by atoms with Crippen molar-refractivity contribution >= 4 is 6.16 Å². The molecule has 0 heterocycles. The molecule has 0 amide bonds. The highest BCUT2D eigenvalue weighted by molar-refractivity contribution is 5.59. The predicted octanol–water partition coefficient (Wildman–Crippen LogP) is 4.72. The standard InChI is InChI=1S/C20H30O4/c1-3-4-5-6-7-16-8-10-17(11-9-16)20(22)14-12-18(13-15-20)24-19(21)23-2/h8-11,18,22H,3-7,12-15H2,1-2H3. The molecule has 1 fully saturated rings. The molecule has 0 aromatic heterocycles. The molecule has 134 valence electrons. The van der Waals surface area contributed by atoms with Gasteiger partial charge in [-0.25, -0.2) is 4.79 Å². The summed E-state index contributed by atoms with van der Waals surface area (Å²) >= 11 is 0. The summed E-state index contributed by atoms with van der Waals surface area (Å²) in [5.41, 5.74) is 1.49. The Morgan fingerprint density at radius 3 is 2.42 bits per heavy atom. The molecule has 0 radical (unpaired) electrons. The van der Waals surface area contributed by atoms with Gasteiger partial charge in [-0.15, -0.1) is 0 Å². The number of aliphatic hydroxyl groups is 1. The van der Waals surface area contributed by atoms with Crippen LogP contribution in [0, 0.1) is 0 Å². The highest BCUT2D eigenvalue weighted by atomic mass is 16.7. The minimum absolute atomic E-state index is 0.157. The number of ether oxygens (including phenoxy) is 2. The summed E-state index contributed by atoms with van der Waals surface area (Å²) in [6.45, 7) is 2.22. The van der Waals surface area contributed by atoms with Crippen molar-refractivity contribution in [2.45, 2.75) is 76.4 Å². The zero-order valence-electron chi connectivity index (χ0n) is 14.9. The summed E-state index contributed by atoms with van der Waals surface area (Å²) in [7, 11) is 1.31. The van der Waals surface area contributed by atoms with E-state index in [4.69, 9.17) is 4.74 Å². The van der Waals surface area contributed by atoms with Crippen LogP contribution in [0.1, 0.15) is 69.4 Å². The molecular formula is C20H30O4. The van der Waals surface area contributed by atoms with Crippen LogP contribution in [0.15, 0.2) is 24.3 Å². The van der Waals surface area contributed by atoms with Crippen LogP contribution in [0.4, 0.5) is 4.79 Å². The zero-order chi connectivity index (χ0) is 17.4. The van der Waals surface area contributed by atoms with Crippen molar-refractivity contribution in [2.75, 3.05) is 7.11 Å². The van der Waals surface area contributed by atoms with E-state index >= 15 is 0 Å². The quantitative estimate of drug-likeness (QED) is 0.579. The van der Waals surface area contributed by atoms with Gasteiger partial charge in [0.15, 0.2) is 0 Å². The fraction of sp³-hybridized carbons (Fsp3) is 0.650. The van der Waals surface area contributed by atoms with Crippen molar-refractivity contribution in [3.63, 3.8) is 0 Å². The number of unbranched alkanes of at least 4 members (excludes halogenated alkanes) is 3.